The van der Waals surface area contributed by atoms with Crippen LogP contribution in [0.15, 0.2) is 24.5 Å². The number of aromatic nitrogens is 2. The number of imidazole rings is 1. The van der Waals surface area contributed by atoms with E-state index in [9.17, 15) is 0 Å². The standard InChI is InChI=1S/C8H8N2O/c1-6-4-10-5-7(11)2-3-8(10)9-6/h2-5,11H,1H3. The average molecular weight is 148 g/mol. The third-order valence-corrected chi connectivity index (χ3v) is 1.56. The summed E-state index contributed by atoms with van der Waals surface area (Å²) in [5.74, 6) is 0.259. The highest BCUT2D eigenvalue weighted by atomic mass is 16.3. The molecule has 2 rings (SSSR count). The van der Waals surface area contributed by atoms with Crippen LogP contribution in [0.25, 0.3) is 5.65 Å². The van der Waals surface area contributed by atoms with Gasteiger partial charge in [-0.3, -0.25) is 0 Å². The summed E-state index contributed by atoms with van der Waals surface area (Å²) in [4.78, 5) is 4.21. The smallest absolute Gasteiger partial charge is 0.137 e. The summed E-state index contributed by atoms with van der Waals surface area (Å²) in [5.41, 5.74) is 1.82. The van der Waals surface area contributed by atoms with Gasteiger partial charge in [-0.15, -0.1) is 0 Å². The van der Waals surface area contributed by atoms with E-state index in [1.54, 1.807) is 22.7 Å². The Bertz CT molecular complexity index is 392. The van der Waals surface area contributed by atoms with Crippen molar-refractivity contribution in [3.05, 3.63) is 30.2 Å². The Labute approximate surface area is 63.9 Å². The minimum Gasteiger partial charge on any atom is -0.506 e. The van der Waals surface area contributed by atoms with Crippen LogP contribution >= 0.6 is 0 Å². The van der Waals surface area contributed by atoms with E-state index in [4.69, 9.17) is 5.11 Å². The van der Waals surface area contributed by atoms with E-state index in [-0.39, 0.29) is 5.75 Å². The Hall–Kier alpha value is -1.51. The van der Waals surface area contributed by atoms with Crippen molar-refractivity contribution in [2.75, 3.05) is 0 Å². The molecule has 3 heteroatoms. The zero-order valence-corrected chi connectivity index (χ0v) is 6.15. The molecule has 11 heavy (non-hydrogen) atoms. The lowest BCUT2D eigenvalue weighted by molar-refractivity contribution is 0.472. The Balaban J connectivity index is 2.82. The van der Waals surface area contributed by atoms with Gasteiger partial charge in [0.1, 0.15) is 11.4 Å². The fraction of sp³-hybridized carbons (Fsp3) is 0.125. The third kappa shape index (κ3) is 0.941. The molecule has 56 valence electrons. The van der Waals surface area contributed by atoms with Crippen LogP contribution in [0.5, 0.6) is 5.75 Å². The highest BCUT2D eigenvalue weighted by Crippen LogP contribution is 2.10. The first-order valence-electron chi connectivity index (χ1n) is 3.40. The van der Waals surface area contributed by atoms with Gasteiger partial charge in [0.25, 0.3) is 0 Å². The van der Waals surface area contributed by atoms with Gasteiger partial charge >= 0.3 is 0 Å². The van der Waals surface area contributed by atoms with Gasteiger partial charge in [0.15, 0.2) is 0 Å². The molecule has 2 aromatic heterocycles. The van der Waals surface area contributed by atoms with Crippen molar-refractivity contribution in [3.8, 4) is 5.75 Å². The first-order chi connectivity index (χ1) is 5.25. The Kier molecular flexibility index (Phi) is 1.12. The molecule has 0 amide bonds. The molecule has 0 radical (unpaired) electrons. The van der Waals surface area contributed by atoms with Gasteiger partial charge in [0.2, 0.25) is 0 Å². The van der Waals surface area contributed by atoms with Crippen LogP contribution in [0, 0.1) is 6.92 Å². The molecule has 0 spiro atoms. The number of aryl methyl sites for hydroxylation is 1. The molecule has 0 bridgehead atoms. The maximum absolute atomic E-state index is 9.09. The minimum absolute atomic E-state index is 0.259. The van der Waals surface area contributed by atoms with Crippen molar-refractivity contribution < 1.29 is 5.11 Å². The van der Waals surface area contributed by atoms with Gasteiger partial charge in [-0.05, 0) is 19.1 Å². The molecule has 0 aromatic carbocycles. The van der Waals surface area contributed by atoms with Crippen LogP contribution in [0.4, 0.5) is 0 Å². The van der Waals surface area contributed by atoms with Crippen LogP contribution in [0.2, 0.25) is 0 Å². The molecule has 0 saturated heterocycles. The molecule has 3 nitrogen and oxygen atoms in total. The normalized spacial score (nSPS) is 10.6. The Morgan fingerprint density at radius 1 is 1.36 bits per heavy atom. The van der Waals surface area contributed by atoms with Crippen molar-refractivity contribution in [2.24, 2.45) is 0 Å². The van der Waals surface area contributed by atoms with E-state index < -0.39 is 0 Å². The van der Waals surface area contributed by atoms with Crippen molar-refractivity contribution in [3.63, 3.8) is 0 Å². The zero-order valence-electron chi connectivity index (χ0n) is 6.15. The van der Waals surface area contributed by atoms with Gasteiger partial charge in [-0.25, -0.2) is 4.98 Å². The first-order valence-corrected chi connectivity index (χ1v) is 3.40. The summed E-state index contributed by atoms with van der Waals surface area (Å²) in [7, 11) is 0. The number of aromatic hydroxyl groups is 1. The van der Waals surface area contributed by atoms with Crippen LogP contribution in [0.3, 0.4) is 0 Å². The summed E-state index contributed by atoms with van der Waals surface area (Å²) < 4.78 is 1.80. The van der Waals surface area contributed by atoms with E-state index in [0.717, 1.165) is 11.3 Å². The lowest BCUT2D eigenvalue weighted by Gasteiger charge is -1.92. The second-order valence-electron chi connectivity index (χ2n) is 2.54. The summed E-state index contributed by atoms with van der Waals surface area (Å²) in [6.07, 6.45) is 3.50. The molecule has 0 aliphatic heterocycles. The second-order valence-corrected chi connectivity index (χ2v) is 2.54. The lowest BCUT2D eigenvalue weighted by atomic mass is 10.4. The van der Waals surface area contributed by atoms with Crippen molar-refractivity contribution in [2.45, 2.75) is 6.92 Å². The summed E-state index contributed by atoms with van der Waals surface area (Å²) in [6.45, 7) is 1.92. The number of hydrogen-bond acceptors (Lipinski definition) is 2. The predicted molar refractivity (Wildman–Crippen MR) is 41.6 cm³/mol. The van der Waals surface area contributed by atoms with E-state index in [1.165, 1.54) is 0 Å². The van der Waals surface area contributed by atoms with Crippen LogP contribution in [0.1, 0.15) is 5.69 Å². The molecule has 2 heterocycles. The highest BCUT2D eigenvalue weighted by Gasteiger charge is 1.96. The lowest BCUT2D eigenvalue weighted by Crippen LogP contribution is -1.79. The molecule has 1 N–H and O–H groups in total. The highest BCUT2D eigenvalue weighted by molar-refractivity contribution is 5.42. The monoisotopic (exact) mass is 148 g/mol. The summed E-state index contributed by atoms with van der Waals surface area (Å²) in [6, 6.07) is 3.41. The fourth-order valence-corrected chi connectivity index (χ4v) is 1.11. The van der Waals surface area contributed by atoms with E-state index in [2.05, 4.69) is 4.98 Å². The zero-order chi connectivity index (χ0) is 7.84. The van der Waals surface area contributed by atoms with Crippen molar-refractivity contribution in [1.29, 1.82) is 0 Å². The number of fused-ring (bicyclic) bond motifs is 1. The van der Waals surface area contributed by atoms with Crippen molar-refractivity contribution in [1.82, 2.24) is 9.38 Å². The van der Waals surface area contributed by atoms with Gasteiger partial charge in [-0.1, -0.05) is 0 Å². The van der Waals surface area contributed by atoms with Gasteiger partial charge < -0.3 is 9.51 Å². The van der Waals surface area contributed by atoms with Crippen LogP contribution in [-0.2, 0) is 0 Å². The average Bonchev–Trinajstić information content (AvgIpc) is 2.27. The molecular formula is C8H8N2O. The molecular weight excluding hydrogens is 140 g/mol. The molecule has 2 aromatic rings. The molecule has 0 aliphatic carbocycles. The molecule has 0 aliphatic rings. The first kappa shape index (κ1) is 6.22. The summed E-state index contributed by atoms with van der Waals surface area (Å²) >= 11 is 0. The van der Waals surface area contributed by atoms with E-state index in [1.807, 2.05) is 13.1 Å². The minimum atomic E-state index is 0.259. The van der Waals surface area contributed by atoms with E-state index in [0.29, 0.717) is 0 Å². The summed E-state index contributed by atoms with van der Waals surface area (Å²) in [5, 5.41) is 9.09. The SMILES string of the molecule is Cc1cn2cc(O)ccc2n1. The van der Waals surface area contributed by atoms with Gasteiger partial charge in [0, 0.05) is 6.20 Å². The number of pyridine rings is 1. The van der Waals surface area contributed by atoms with Crippen LogP contribution in [-0.4, -0.2) is 14.5 Å². The molecule has 0 saturated carbocycles. The van der Waals surface area contributed by atoms with Gasteiger partial charge in [0.05, 0.1) is 11.9 Å². The second kappa shape index (κ2) is 1.99. The number of nitrogens with zero attached hydrogens (tertiary/aromatic N) is 2. The Morgan fingerprint density at radius 2 is 2.18 bits per heavy atom. The largest absolute Gasteiger partial charge is 0.506 e. The molecule has 0 atom stereocenters. The molecule has 0 fully saturated rings. The quantitative estimate of drug-likeness (QED) is 0.612. The number of hydrogen-bond donors (Lipinski definition) is 1. The predicted octanol–water partition coefficient (Wildman–Crippen LogP) is 1.35. The fourth-order valence-electron chi connectivity index (χ4n) is 1.11. The topological polar surface area (TPSA) is 37.5 Å². The number of rotatable bonds is 0. The van der Waals surface area contributed by atoms with Crippen molar-refractivity contribution >= 4 is 5.65 Å². The Morgan fingerprint density at radius 3 is 3.00 bits per heavy atom. The van der Waals surface area contributed by atoms with Gasteiger partial charge in [-0.2, -0.15) is 0 Å². The maximum atomic E-state index is 9.09. The third-order valence-electron chi connectivity index (χ3n) is 1.56. The van der Waals surface area contributed by atoms with E-state index >= 15 is 0 Å². The molecule has 0 unspecified atom stereocenters. The van der Waals surface area contributed by atoms with Crippen LogP contribution < -0.4 is 0 Å². The maximum Gasteiger partial charge on any atom is 0.137 e.